The van der Waals surface area contributed by atoms with Gasteiger partial charge in [0.25, 0.3) is 5.91 Å². The Kier molecular flexibility index (Phi) is 2.45. The van der Waals surface area contributed by atoms with Gasteiger partial charge in [-0.3, -0.25) is 4.79 Å². The quantitative estimate of drug-likeness (QED) is 0.838. The Labute approximate surface area is 116 Å². The first kappa shape index (κ1) is 11.7. The van der Waals surface area contributed by atoms with Gasteiger partial charge < -0.3 is 9.32 Å². The molecule has 0 saturated heterocycles. The minimum absolute atomic E-state index is 0.00604. The summed E-state index contributed by atoms with van der Waals surface area (Å²) in [4.78, 5) is 18.9. The second-order valence-electron chi connectivity index (χ2n) is 5.51. The molecule has 0 unspecified atom stereocenters. The SMILES string of the molecule is C[C@@H]1c2nc(C3CC3)nn2CCN1C(=O)c1ccoc1. The summed E-state index contributed by atoms with van der Waals surface area (Å²) in [6, 6.07) is 1.65. The second-order valence-corrected chi connectivity index (χ2v) is 5.51. The van der Waals surface area contributed by atoms with Crippen LogP contribution in [0.5, 0.6) is 0 Å². The molecule has 6 heteroatoms. The van der Waals surface area contributed by atoms with Gasteiger partial charge >= 0.3 is 0 Å². The lowest BCUT2D eigenvalue weighted by molar-refractivity contribution is 0.0630. The molecular weight excluding hydrogens is 256 g/mol. The molecule has 3 heterocycles. The topological polar surface area (TPSA) is 64.2 Å². The molecule has 4 rings (SSSR count). The number of carbonyl (C=O) groups excluding carboxylic acids is 1. The maximum absolute atomic E-state index is 12.4. The number of hydrogen-bond acceptors (Lipinski definition) is 4. The zero-order chi connectivity index (χ0) is 13.7. The highest BCUT2D eigenvalue weighted by Crippen LogP contribution is 2.39. The fraction of sp³-hybridized carbons (Fsp3) is 0.500. The third-order valence-corrected chi connectivity index (χ3v) is 4.08. The molecule has 1 fully saturated rings. The molecule has 1 aliphatic carbocycles. The first-order valence-electron chi connectivity index (χ1n) is 7.02. The fourth-order valence-electron chi connectivity index (χ4n) is 2.73. The average Bonchev–Trinajstić information content (AvgIpc) is 3.00. The van der Waals surface area contributed by atoms with Crippen molar-refractivity contribution < 1.29 is 9.21 Å². The highest BCUT2D eigenvalue weighted by Gasteiger charge is 2.34. The van der Waals surface area contributed by atoms with Crippen LogP contribution in [-0.4, -0.2) is 32.1 Å². The van der Waals surface area contributed by atoms with Gasteiger partial charge in [-0.2, -0.15) is 5.10 Å². The van der Waals surface area contributed by atoms with Crippen LogP contribution in [0.25, 0.3) is 0 Å². The molecule has 1 amide bonds. The first-order valence-corrected chi connectivity index (χ1v) is 7.02. The van der Waals surface area contributed by atoms with Crippen molar-refractivity contribution in [1.29, 1.82) is 0 Å². The summed E-state index contributed by atoms with van der Waals surface area (Å²) in [5.74, 6) is 2.38. The molecule has 104 valence electrons. The van der Waals surface area contributed by atoms with Crippen LogP contribution in [-0.2, 0) is 6.54 Å². The summed E-state index contributed by atoms with van der Waals surface area (Å²) in [5, 5.41) is 4.57. The number of furan rings is 1. The smallest absolute Gasteiger partial charge is 0.257 e. The van der Waals surface area contributed by atoms with E-state index < -0.39 is 0 Å². The predicted octanol–water partition coefficient (Wildman–Crippen LogP) is 1.97. The number of nitrogens with zero attached hydrogens (tertiary/aromatic N) is 4. The molecule has 0 spiro atoms. The van der Waals surface area contributed by atoms with Gasteiger partial charge in [-0.25, -0.2) is 9.67 Å². The van der Waals surface area contributed by atoms with Crippen molar-refractivity contribution in [3.63, 3.8) is 0 Å². The van der Waals surface area contributed by atoms with Gasteiger partial charge in [0.05, 0.1) is 24.4 Å². The summed E-state index contributed by atoms with van der Waals surface area (Å²) >= 11 is 0. The summed E-state index contributed by atoms with van der Waals surface area (Å²) < 4.78 is 6.95. The molecule has 1 aliphatic heterocycles. The van der Waals surface area contributed by atoms with Crippen molar-refractivity contribution in [2.75, 3.05) is 6.54 Å². The van der Waals surface area contributed by atoms with E-state index in [0.717, 1.165) is 11.6 Å². The minimum Gasteiger partial charge on any atom is -0.472 e. The molecule has 0 aromatic carbocycles. The highest BCUT2D eigenvalue weighted by atomic mass is 16.3. The van der Waals surface area contributed by atoms with Gasteiger partial charge in [-0.15, -0.1) is 0 Å². The van der Waals surface area contributed by atoms with Crippen molar-refractivity contribution in [2.24, 2.45) is 0 Å². The predicted molar refractivity (Wildman–Crippen MR) is 70.2 cm³/mol. The molecule has 0 bridgehead atoms. The molecule has 6 nitrogen and oxygen atoms in total. The van der Waals surface area contributed by atoms with Crippen molar-refractivity contribution in [3.8, 4) is 0 Å². The highest BCUT2D eigenvalue weighted by molar-refractivity contribution is 5.94. The van der Waals surface area contributed by atoms with Gasteiger partial charge in [0, 0.05) is 12.5 Å². The first-order chi connectivity index (χ1) is 9.74. The summed E-state index contributed by atoms with van der Waals surface area (Å²) in [7, 11) is 0. The molecule has 1 saturated carbocycles. The van der Waals surface area contributed by atoms with Crippen LogP contribution in [0.15, 0.2) is 23.0 Å². The molecule has 0 N–H and O–H groups in total. The third kappa shape index (κ3) is 1.75. The Morgan fingerprint density at radius 1 is 1.40 bits per heavy atom. The van der Waals surface area contributed by atoms with E-state index in [1.807, 2.05) is 16.5 Å². The minimum atomic E-state index is -0.0499. The van der Waals surface area contributed by atoms with Gasteiger partial charge in [0.2, 0.25) is 0 Å². The van der Waals surface area contributed by atoms with Crippen LogP contribution in [0.1, 0.15) is 53.7 Å². The molecule has 0 radical (unpaired) electrons. The lowest BCUT2D eigenvalue weighted by Gasteiger charge is -2.32. The fourth-order valence-corrected chi connectivity index (χ4v) is 2.73. The summed E-state index contributed by atoms with van der Waals surface area (Å²) in [6.07, 6.45) is 5.39. The van der Waals surface area contributed by atoms with Gasteiger partial charge in [0.1, 0.15) is 12.1 Å². The van der Waals surface area contributed by atoms with Crippen molar-refractivity contribution in [1.82, 2.24) is 19.7 Å². The van der Waals surface area contributed by atoms with Crippen LogP contribution in [0, 0.1) is 0 Å². The van der Waals surface area contributed by atoms with Crippen molar-refractivity contribution in [2.45, 2.75) is 38.3 Å². The van der Waals surface area contributed by atoms with Crippen molar-refractivity contribution >= 4 is 5.91 Å². The Hall–Kier alpha value is -2.11. The monoisotopic (exact) mass is 272 g/mol. The lowest BCUT2D eigenvalue weighted by Crippen LogP contribution is -2.41. The standard InChI is InChI=1S/C14H16N4O2/c1-9-13-15-12(10-2-3-10)16-18(13)6-5-17(9)14(19)11-4-7-20-8-11/h4,7-10H,2-3,5-6H2,1H3/t9-/m1/s1. The van der Waals surface area contributed by atoms with Crippen LogP contribution < -0.4 is 0 Å². The zero-order valence-corrected chi connectivity index (χ0v) is 11.3. The Morgan fingerprint density at radius 3 is 2.95 bits per heavy atom. The second kappa shape index (κ2) is 4.19. The number of amides is 1. The van der Waals surface area contributed by atoms with E-state index in [1.165, 1.54) is 25.4 Å². The number of hydrogen-bond donors (Lipinski definition) is 0. The number of aromatic nitrogens is 3. The van der Waals surface area contributed by atoms with E-state index in [4.69, 9.17) is 4.42 Å². The van der Waals surface area contributed by atoms with Gasteiger partial charge in [-0.05, 0) is 25.8 Å². The summed E-state index contributed by atoms with van der Waals surface area (Å²) in [5.41, 5.74) is 0.590. The number of carbonyl (C=O) groups is 1. The molecule has 1 atom stereocenters. The summed E-state index contributed by atoms with van der Waals surface area (Å²) in [6.45, 7) is 3.38. The van der Waals surface area contributed by atoms with Crippen LogP contribution in [0.2, 0.25) is 0 Å². The maximum atomic E-state index is 12.4. The Bertz CT molecular complexity index is 642. The molecule has 2 aliphatic rings. The normalized spacial score (nSPS) is 21.9. The van der Waals surface area contributed by atoms with E-state index in [0.29, 0.717) is 24.6 Å². The van der Waals surface area contributed by atoms with Gasteiger partial charge in [0.15, 0.2) is 5.82 Å². The van der Waals surface area contributed by atoms with Crippen LogP contribution in [0.4, 0.5) is 0 Å². The van der Waals surface area contributed by atoms with E-state index in [9.17, 15) is 4.79 Å². The van der Waals surface area contributed by atoms with Crippen LogP contribution >= 0.6 is 0 Å². The van der Waals surface area contributed by atoms with E-state index in [-0.39, 0.29) is 11.9 Å². The number of rotatable bonds is 2. The van der Waals surface area contributed by atoms with Crippen molar-refractivity contribution in [3.05, 3.63) is 35.8 Å². The average molecular weight is 272 g/mol. The van der Waals surface area contributed by atoms with E-state index in [1.54, 1.807) is 6.07 Å². The molecular formula is C14H16N4O2. The van der Waals surface area contributed by atoms with Gasteiger partial charge in [-0.1, -0.05) is 0 Å². The lowest BCUT2D eigenvalue weighted by atomic mass is 10.1. The Balaban J connectivity index is 1.63. The van der Waals surface area contributed by atoms with Crippen LogP contribution in [0.3, 0.4) is 0 Å². The molecule has 20 heavy (non-hydrogen) atoms. The molecule has 2 aromatic rings. The Morgan fingerprint density at radius 2 is 2.25 bits per heavy atom. The largest absolute Gasteiger partial charge is 0.472 e. The zero-order valence-electron chi connectivity index (χ0n) is 11.3. The maximum Gasteiger partial charge on any atom is 0.257 e. The van der Waals surface area contributed by atoms with E-state index in [2.05, 4.69) is 10.1 Å². The number of fused-ring (bicyclic) bond motifs is 1. The molecule has 2 aromatic heterocycles. The third-order valence-electron chi connectivity index (χ3n) is 4.08. The van der Waals surface area contributed by atoms with E-state index >= 15 is 0 Å².